The second kappa shape index (κ2) is 8.68. The van der Waals surface area contributed by atoms with Crippen molar-refractivity contribution in [2.24, 2.45) is 11.8 Å². The number of Topliss-reactive ketones (excluding diaryl/α,β-unsaturated/α-hetero) is 1. The maximum Gasteiger partial charge on any atom is 0.163 e. The summed E-state index contributed by atoms with van der Waals surface area (Å²) in [5.41, 5.74) is 3.09. The third-order valence-corrected chi connectivity index (χ3v) is 7.08. The number of pyridine rings is 1. The largest absolute Gasteiger partial charge is 0.332 e. The second-order valence-electron chi connectivity index (χ2n) is 9.03. The van der Waals surface area contributed by atoms with Gasteiger partial charge in [0.1, 0.15) is 0 Å². The van der Waals surface area contributed by atoms with Crippen molar-refractivity contribution in [3.63, 3.8) is 0 Å². The molecule has 3 heterocycles. The highest BCUT2D eigenvalue weighted by atomic mass is 16.1. The van der Waals surface area contributed by atoms with Crippen molar-refractivity contribution in [1.82, 2.24) is 19.4 Å². The van der Waals surface area contributed by atoms with Gasteiger partial charge in [-0.3, -0.25) is 14.7 Å². The zero-order valence-electron chi connectivity index (χ0n) is 17.5. The molecule has 5 nitrogen and oxygen atoms in total. The van der Waals surface area contributed by atoms with Gasteiger partial charge in [0.25, 0.3) is 0 Å². The van der Waals surface area contributed by atoms with Gasteiger partial charge in [-0.2, -0.15) is 0 Å². The number of carbonyl (C=O) groups excluding carboxylic acids is 1. The van der Waals surface area contributed by atoms with Gasteiger partial charge in [0.15, 0.2) is 5.78 Å². The monoisotopic (exact) mass is 402 g/mol. The van der Waals surface area contributed by atoms with Crippen LogP contribution in [0.3, 0.4) is 0 Å². The first-order valence-electron chi connectivity index (χ1n) is 11.3. The summed E-state index contributed by atoms with van der Waals surface area (Å²) in [6.07, 6.45) is 12.6. The number of carbonyl (C=O) groups is 1. The van der Waals surface area contributed by atoms with Gasteiger partial charge in [0, 0.05) is 49.4 Å². The molecule has 1 aliphatic heterocycles. The Labute approximate surface area is 178 Å². The Balaban J connectivity index is 1.10. The summed E-state index contributed by atoms with van der Waals surface area (Å²) in [6.45, 7) is 4.41. The molecule has 2 aromatic heterocycles. The maximum atomic E-state index is 13.0. The van der Waals surface area contributed by atoms with Crippen LogP contribution in [-0.4, -0.2) is 38.3 Å². The van der Waals surface area contributed by atoms with Crippen molar-refractivity contribution in [3.8, 4) is 0 Å². The van der Waals surface area contributed by atoms with E-state index in [1.807, 2.05) is 42.9 Å². The van der Waals surface area contributed by atoms with Crippen molar-refractivity contribution in [3.05, 3.63) is 60.3 Å². The van der Waals surface area contributed by atoms with Gasteiger partial charge in [-0.25, -0.2) is 4.98 Å². The zero-order chi connectivity index (χ0) is 20.3. The molecule has 0 amide bonds. The van der Waals surface area contributed by atoms with E-state index in [1.165, 1.54) is 44.3 Å². The number of ketones is 1. The van der Waals surface area contributed by atoms with Crippen molar-refractivity contribution in [1.29, 1.82) is 0 Å². The van der Waals surface area contributed by atoms with Gasteiger partial charge in [-0.1, -0.05) is 31.0 Å². The summed E-state index contributed by atoms with van der Waals surface area (Å²) in [6, 6.07) is 9.82. The van der Waals surface area contributed by atoms with Crippen LogP contribution in [0.2, 0.25) is 0 Å². The molecule has 30 heavy (non-hydrogen) atoms. The number of rotatable bonds is 6. The fourth-order valence-electron chi connectivity index (χ4n) is 5.24. The van der Waals surface area contributed by atoms with E-state index in [9.17, 15) is 4.79 Å². The lowest BCUT2D eigenvalue weighted by Gasteiger charge is -2.32. The van der Waals surface area contributed by atoms with E-state index in [1.54, 1.807) is 6.20 Å². The first-order chi connectivity index (χ1) is 14.8. The molecule has 1 aromatic carbocycles. The number of aromatic nitrogens is 3. The molecule has 0 saturated heterocycles. The minimum Gasteiger partial charge on any atom is -0.332 e. The standard InChI is InChI=1S/C25H30N4O/c30-25(23-3-1-5-24-22(23)4-2-11-27-24)15-20-8-6-19(7-9-20)10-12-28-13-14-29-18-26-16-21(29)17-28/h1-5,11,16,18-20H,6-10,12-15,17H2. The minimum absolute atomic E-state index is 0.280. The average Bonchev–Trinajstić information content (AvgIpc) is 3.26. The molecule has 2 aliphatic rings. The highest BCUT2D eigenvalue weighted by molar-refractivity contribution is 6.07. The van der Waals surface area contributed by atoms with Crippen LogP contribution in [0.4, 0.5) is 0 Å². The molecule has 1 aliphatic carbocycles. The van der Waals surface area contributed by atoms with Gasteiger partial charge in [0.2, 0.25) is 0 Å². The fraction of sp³-hybridized carbons (Fsp3) is 0.480. The average molecular weight is 403 g/mol. The summed E-state index contributed by atoms with van der Waals surface area (Å²) < 4.78 is 2.27. The molecule has 5 rings (SSSR count). The van der Waals surface area contributed by atoms with Gasteiger partial charge in [-0.05, 0) is 49.8 Å². The number of imidazole rings is 1. The molecule has 0 unspecified atom stereocenters. The first-order valence-corrected chi connectivity index (χ1v) is 11.3. The van der Waals surface area contributed by atoms with Gasteiger partial charge in [-0.15, -0.1) is 0 Å². The lowest BCUT2D eigenvalue weighted by atomic mass is 9.78. The Morgan fingerprint density at radius 2 is 1.90 bits per heavy atom. The third-order valence-electron chi connectivity index (χ3n) is 7.08. The van der Waals surface area contributed by atoms with Crippen LogP contribution < -0.4 is 0 Å². The SMILES string of the molecule is O=C(CC1CCC(CCN2CCn3cncc3C2)CC1)c1cccc2ncccc12. The van der Waals surface area contributed by atoms with E-state index in [-0.39, 0.29) is 5.78 Å². The highest BCUT2D eigenvalue weighted by Gasteiger charge is 2.25. The molecule has 1 saturated carbocycles. The molecule has 0 N–H and O–H groups in total. The van der Waals surface area contributed by atoms with E-state index in [0.29, 0.717) is 12.3 Å². The minimum atomic E-state index is 0.280. The van der Waals surface area contributed by atoms with Crippen LogP contribution in [0.5, 0.6) is 0 Å². The van der Waals surface area contributed by atoms with Gasteiger partial charge >= 0.3 is 0 Å². The van der Waals surface area contributed by atoms with Crippen molar-refractivity contribution >= 4 is 16.7 Å². The Morgan fingerprint density at radius 3 is 2.80 bits per heavy atom. The van der Waals surface area contributed by atoms with Crippen molar-refractivity contribution in [2.45, 2.75) is 51.6 Å². The van der Waals surface area contributed by atoms with E-state index in [0.717, 1.165) is 42.0 Å². The Morgan fingerprint density at radius 1 is 1.03 bits per heavy atom. The molecule has 0 bridgehead atoms. The zero-order valence-corrected chi connectivity index (χ0v) is 17.5. The summed E-state index contributed by atoms with van der Waals surface area (Å²) in [4.78, 5) is 24.2. The van der Waals surface area contributed by atoms with Gasteiger partial charge < -0.3 is 4.57 Å². The Hall–Kier alpha value is -2.53. The molecular weight excluding hydrogens is 372 g/mol. The second-order valence-corrected chi connectivity index (χ2v) is 9.03. The molecule has 0 atom stereocenters. The molecule has 156 valence electrons. The number of hydrogen-bond acceptors (Lipinski definition) is 4. The van der Waals surface area contributed by atoms with Gasteiger partial charge in [0.05, 0.1) is 17.5 Å². The topological polar surface area (TPSA) is 51.0 Å². The summed E-state index contributed by atoms with van der Waals surface area (Å²) in [5.74, 6) is 1.62. The first kappa shape index (κ1) is 19.4. The Kier molecular flexibility index (Phi) is 5.63. The van der Waals surface area contributed by atoms with Crippen LogP contribution in [0.1, 0.15) is 54.6 Å². The lowest BCUT2D eigenvalue weighted by Crippen LogP contribution is -2.34. The summed E-state index contributed by atoms with van der Waals surface area (Å²) >= 11 is 0. The van der Waals surface area contributed by atoms with Crippen LogP contribution in [0, 0.1) is 11.8 Å². The van der Waals surface area contributed by atoms with Crippen molar-refractivity contribution < 1.29 is 4.79 Å². The summed E-state index contributed by atoms with van der Waals surface area (Å²) in [5, 5.41) is 0.988. The number of benzene rings is 1. The molecule has 0 radical (unpaired) electrons. The molecular formula is C25H30N4O. The molecule has 3 aromatic rings. The Bertz CT molecular complexity index is 1010. The molecule has 5 heteroatoms. The number of fused-ring (bicyclic) bond motifs is 2. The maximum absolute atomic E-state index is 13.0. The smallest absolute Gasteiger partial charge is 0.163 e. The summed E-state index contributed by atoms with van der Waals surface area (Å²) in [7, 11) is 0. The third kappa shape index (κ3) is 4.17. The normalized spacial score (nSPS) is 22.1. The van der Waals surface area contributed by atoms with E-state index >= 15 is 0 Å². The predicted molar refractivity (Wildman–Crippen MR) is 118 cm³/mol. The number of hydrogen-bond donors (Lipinski definition) is 0. The van der Waals surface area contributed by atoms with Crippen LogP contribution in [0.25, 0.3) is 10.9 Å². The van der Waals surface area contributed by atoms with Crippen LogP contribution in [-0.2, 0) is 13.1 Å². The highest BCUT2D eigenvalue weighted by Crippen LogP contribution is 2.34. The van der Waals surface area contributed by atoms with E-state index in [2.05, 4.69) is 19.4 Å². The van der Waals surface area contributed by atoms with E-state index in [4.69, 9.17) is 0 Å². The number of nitrogens with zero attached hydrogens (tertiary/aromatic N) is 4. The predicted octanol–water partition coefficient (Wildman–Crippen LogP) is 4.72. The molecule has 0 spiro atoms. The fourth-order valence-corrected chi connectivity index (χ4v) is 5.24. The van der Waals surface area contributed by atoms with E-state index < -0.39 is 0 Å². The molecule has 1 fully saturated rings. The lowest BCUT2D eigenvalue weighted by molar-refractivity contribution is 0.0941. The van der Waals surface area contributed by atoms with Crippen molar-refractivity contribution in [2.75, 3.05) is 13.1 Å². The van der Waals surface area contributed by atoms with Crippen LogP contribution >= 0.6 is 0 Å². The van der Waals surface area contributed by atoms with Crippen LogP contribution in [0.15, 0.2) is 49.1 Å². The quantitative estimate of drug-likeness (QED) is 0.560.